The Morgan fingerprint density at radius 2 is 1.81 bits per heavy atom. The van der Waals surface area contributed by atoms with E-state index in [1.807, 2.05) is 37.3 Å². The predicted molar refractivity (Wildman–Crippen MR) is 122 cm³/mol. The molecule has 0 aromatic heterocycles. The lowest BCUT2D eigenvalue weighted by Crippen LogP contribution is -2.65. The van der Waals surface area contributed by atoms with Gasteiger partial charge in [-0.2, -0.15) is 0 Å². The fourth-order valence-corrected chi connectivity index (χ4v) is 4.12. The maximum Gasteiger partial charge on any atom is 0.220 e. The van der Waals surface area contributed by atoms with E-state index in [1.165, 1.54) is 0 Å². The first-order chi connectivity index (χ1) is 14.5. The molecule has 1 fully saturated rings. The molecule has 0 spiro atoms. The summed E-state index contributed by atoms with van der Waals surface area (Å²) in [4.78, 5) is 12.2. The minimum Gasteiger partial charge on any atom is -0.414 e. The Morgan fingerprint density at radius 1 is 1.16 bits per heavy atom. The van der Waals surface area contributed by atoms with E-state index < -0.39 is 39.0 Å². The Hall–Kier alpha value is -1.29. The number of benzene rings is 1. The van der Waals surface area contributed by atoms with E-state index in [9.17, 15) is 15.0 Å². The summed E-state index contributed by atoms with van der Waals surface area (Å²) in [6.07, 6.45) is -3.10. The molecule has 1 aliphatic heterocycles. The van der Waals surface area contributed by atoms with Crippen molar-refractivity contribution in [2.75, 3.05) is 6.61 Å². The Bertz CT molecular complexity index is 693. The van der Waals surface area contributed by atoms with Crippen molar-refractivity contribution in [1.29, 1.82) is 0 Å². The van der Waals surface area contributed by atoms with E-state index in [4.69, 9.17) is 13.9 Å². The number of hydrogen-bond donors (Lipinski definition) is 3. The first-order valence-corrected chi connectivity index (χ1v) is 14.0. The quantitative estimate of drug-likeness (QED) is 0.498. The van der Waals surface area contributed by atoms with Crippen LogP contribution < -0.4 is 5.32 Å². The lowest BCUT2D eigenvalue weighted by atomic mass is 9.96. The van der Waals surface area contributed by atoms with Crippen molar-refractivity contribution in [2.24, 2.45) is 0 Å². The zero-order chi connectivity index (χ0) is 23.2. The molecule has 5 atom stereocenters. The number of ether oxygens (including phenoxy) is 2. The average molecular weight is 454 g/mol. The first-order valence-electron chi connectivity index (χ1n) is 11.1. The molecule has 2 rings (SSSR count). The van der Waals surface area contributed by atoms with Gasteiger partial charge in [0.25, 0.3) is 0 Å². The largest absolute Gasteiger partial charge is 0.414 e. The average Bonchev–Trinajstić information content (AvgIpc) is 2.70. The Kier molecular flexibility index (Phi) is 9.23. The molecule has 0 saturated carbocycles. The van der Waals surface area contributed by atoms with Gasteiger partial charge < -0.3 is 29.4 Å². The van der Waals surface area contributed by atoms with Crippen molar-refractivity contribution in [1.82, 2.24) is 5.32 Å². The Morgan fingerprint density at radius 3 is 2.39 bits per heavy atom. The maximum atomic E-state index is 12.2. The molecule has 0 aliphatic carbocycles. The van der Waals surface area contributed by atoms with Crippen LogP contribution in [0.4, 0.5) is 0 Å². The van der Waals surface area contributed by atoms with Crippen LogP contribution in [-0.4, -0.2) is 61.7 Å². The number of rotatable bonds is 9. The van der Waals surface area contributed by atoms with E-state index in [2.05, 4.69) is 39.2 Å². The summed E-state index contributed by atoms with van der Waals surface area (Å²) in [6, 6.07) is 8.73. The highest BCUT2D eigenvalue weighted by Crippen LogP contribution is 2.37. The van der Waals surface area contributed by atoms with Crippen molar-refractivity contribution >= 4 is 14.2 Å². The second-order valence-electron chi connectivity index (χ2n) is 9.74. The van der Waals surface area contributed by atoms with Gasteiger partial charge in [0.1, 0.15) is 24.4 Å². The smallest absolute Gasteiger partial charge is 0.220 e. The Labute approximate surface area is 187 Å². The molecule has 1 aromatic rings. The second-order valence-corrected chi connectivity index (χ2v) is 14.5. The van der Waals surface area contributed by atoms with Gasteiger partial charge in [0, 0.05) is 6.42 Å². The lowest BCUT2D eigenvalue weighted by molar-refractivity contribution is -0.272. The van der Waals surface area contributed by atoms with Crippen LogP contribution in [0.5, 0.6) is 0 Å². The number of carbonyl (C=O) groups is 1. The summed E-state index contributed by atoms with van der Waals surface area (Å²) in [5.74, 6) is -0.216. The highest BCUT2D eigenvalue weighted by Gasteiger charge is 2.47. The SMILES string of the molecule is CCCC(=O)N[C@H]1C(OCc2ccccc2)O[C@H](CO[Si](C)(C)C(C)(C)C)[C@@H](O)[C@@H]1O. The summed E-state index contributed by atoms with van der Waals surface area (Å²) in [6.45, 7) is 13.0. The number of nitrogens with one attached hydrogen (secondary N) is 1. The topological polar surface area (TPSA) is 97.3 Å². The molecular weight excluding hydrogens is 414 g/mol. The molecule has 1 aromatic carbocycles. The molecule has 7 nitrogen and oxygen atoms in total. The number of aliphatic hydroxyl groups is 2. The minimum absolute atomic E-state index is 0.00507. The van der Waals surface area contributed by atoms with Gasteiger partial charge in [-0.3, -0.25) is 4.79 Å². The van der Waals surface area contributed by atoms with Gasteiger partial charge in [-0.05, 0) is 30.1 Å². The van der Waals surface area contributed by atoms with Gasteiger partial charge in [-0.25, -0.2) is 0 Å². The summed E-state index contributed by atoms with van der Waals surface area (Å²) < 4.78 is 18.2. The van der Waals surface area contributed by atoms with Crippen molar-refractivity contribution in [3.8, 4) is 0 Å². The van der Waals surface area contributed by atoms with Gasteiger partial charge in [0.2, 0.25) is 5.91 Å². The molecule has 31 heavy (non-hydrogen) atoms. The third-order valence-electron chi connectivity index (χ3n) is 6.18. The van der Waals surface area contributed by atoms with E-state index >= 15 is 0 Å². The van der Waals surface area contributed by atoms with E-state index in [-0.39, 0.29) is 24.2 Å². The molecule has 0 bridgehead atoms. The van der Waals surface area contributed by atoms with Crippen LogP contribution in [0.3, 0.4) is 0 Å². The van der Waals surface area contributed by atoms with Crippen LogP contribution >= 0.6 is 0 Å². The van der Waals surface area contributed by atoms with Gasteiger partial charge >= 0.3 is 0 Å². The maximum absolute atomic E-state index is 12.2. The zero-order valence-electron chi connectivity index (χ0n) is 19.6. The molecule has 176 valence electrons. The third-order valence-corrected chi connectivity index (χ3v) is 10.7. The summed E-state index contributed by atoms with van der Waals surface area (Å²) in [7, 11) is -2.07. The van der Waals surface area contributed by atoms with Gasteiger partial charge in [-0.15, -0.1) is 0 Å². The molecule has 1 saturated heterocycles. The highest BCUT2D eigenvalue weighted by molar-refractivity contribution is 6.74. The lowest BCUT2D eigenvalue weighted by Gasteiger charge is -2.44. The number of aliphatic hydroxyl groups excluding tert-OH is 2. The third kappa shape index (κ3) is 7.10. The summed E-state index contributed by atoms with van der Waals surface area (Å²) in [5.41, 5.74) is 0.944. The number of hydrogen-bond acceptors (Lipinski definition) is 6. The van der Waals surface area contributed by atoms with Crippen LogP contribution in [0.25, 0.3) is 0 Å². The summed E-state index contributed by atoms with van der Waals surface area (Å²) >= 11 is 0. The number of carbonyl (C=O) groups excluding carboxylic acids is 1. The normalized spacial score (nSPS) is 27.2. The summed E-state index contributed by atoms with van der Waals surface area (Å²) in [5, 5.41) is 24.3. The molecule has 1 amide bonds. The van der Waals surface area contributed by atoms with Crippen LogP contribution in [0.15, 0.2) is 30.3 Å². The van der Waals surface area contributed by atoms with E-state index in [1.54, 1.807) is 0 Å². The molecule has 8 heteroatoms. The van der Waals surface area contributed by atoms with Gasteiger partial charge in [0.05, 0.1) is 13.2 Å². The van der Waals surface area contributed by atoms with Crippen molar-refractivity contribution < 1.29 is 28.9 Å². The van der Waals surface area contributed by atoms with E-state index in [0.29, 0.717) is 12.8 Å². The molecule has 1 heterocycles. The molecule has 1 aliphatic rings. The second kappa shape index (κ2) is 11.0. The predicted octanol–water partition coefficient (Wildman–Crippen LogP) is 2.96. The monoisotopic (exact) mass is 453 g/mol. The van der Waals surface area contributed by atoms with Crippen molar-refractivity contribution in [3.05, 3.63) is 35.9 Å². The van der Waals surface area contributed by atoms with Crippen molar-refractivity contribution in [2.45, 2.75) is 95.9 Å². The molecule has 3 N–H and O–H groups in total. The minimum atomic E-state index is -2.07. The van der Waals surface area contributed by atoms with E-state index in [0.717, 1.165) is 5.56 Å². The van der Waals surface area contributed by atoms with Crippen LogP contribution in [0, 0.1) is 0 Å². The van der Waals surface area contributed by atoms with Gasteiger partial charge in [-0.1, -0.05) is 58.0 Å². The molecular formula is C23H39NO6Si. The first kappa shape index (κ1) is 26.0. The van der Waals surface area contributed by atoms with Crippen LogP contribution in [-0.2, 0) is 25.3 Å². The highest BCUT2D eigenvalue weighted by atomic mass is 28.4. The fraction of sp³-hybridized carbons (Fsp3) is 0.696. The van der Waals surface area contributed by atoms with Crippen LogP contribution in [0.2, 0.25) is 18.1 Å². The number of amides is 1. The zero-order valence-corrected chi connectivity index (χ0v) is 20.6. The Balaban J connectivity index is 2.13. The van der Waals surface area contributed by atoms with Gasteiger partial charge in [0.15, 0.2) is 14.6 Å². The van der Waals surface area contributed by atoms with Crippen molar-refractivity contribution in [3.63, 3.8) is 0 Å². The standard InChI is InChI=1S/C23H39NO6Si/c1-7-11-18(25)24-19-21(27)20(26)17(15-29-31(5,6)23(2,3)4)30-22(19)28-14-16-12-9-8-10-13-16/h8-10,12-13,17,19-22,26-27H,7,11,14-15H2,1-6H3,(H,24,25)/t17-,19-,20-,21-,22?/m1/s1. The van der Waals surface area contributed by atoms with Crippen LogP contribution in [0.1, 0.15) is 46.1 Å². The molecule has 0 radical (unpaired) electrons. The fourth-order valence-electron chi connectivity index (χ4n) is 3.11. The molecule has 1 unspecified atom stereocenters.